The van der Waals surface area contributed by atoms with E-state index in [2.05, 4.69) is 20.2 Å². The van der Waals surface area contributed by atoms with Crippen LogP contribution >= 0.6 is 0 Å². The molecular weight excluding hydrogens is 214 g/mol. The van der Waals surface area contributed by atoms with Gasteiger partial charge in [0, 0.05) is 18.0 Å². The molecule has 0 saturated heterocycles. The third-order valence-corrected chi connectivity index (χ3v) is 2.60. The van der Waals surface area contributed by atoms with Gasteiger partial charge in [0.25, 0.3) is 0 Å². The third kappa shape index (κ3) is 2.45. The van der Waals surface area contributed by atoms with E-state index in [1.807, 2.05) is 19.9 Å². The zero-order chi connectivity index (χ0) is 12.3. The summed E-state index contributed by atoms with van der Waals surface area (Å²) < 4.78 is 0. The highest BCUT2D eigenvalue weighted by Gasteiger charge is 2.15. The zero-order valence-electron chi connectivity index (χ0n) is 9.96. The molecule has 0 aliphatic rings. The Morgan fingerprint density at radius 1 is 1.29 bits per heavy atom. The number of aromatic nitrogens is 4. The minimum atomic E-state index is -0.298. The van der Waals surface area contributed by atoms with Crippen LogP contribution in [0.2, 0.25) is 0 Å². The fraction of sp³-hybridized carbons (Fsp3) is 0.333. The van der Waals surface area contributed by atoms with Crippen molar-refractivity contribution in [2.24, 2.45) is 5.73 Å². The van der Waals surface area contributed by atoms with Crippen molar-refractivity contribution < 1.29 is 0 Å². The predicted octanol–water partition coefficient (Wildman–Crippen LogP) is 1.19. The maximum Gasteiger partial charge on any atom is 0.0800 e. The second-order valence-corrected chi connectivity index (χ2v) is 3.85. The number of nitrogens with zero attached hydrogens (tertiary/aromatic N) is 4. The van der Waals surface area contributed by atoms with Gasteiger partial charge in [0.15, 0.2) is 0 Å². The first-order valence-corrected chi connectivity index (χ1v) is 5.57. The van der Waals surface area contributed by atoms with Crippen molar-refractivity contribution in [1.82, 2.24) is 20.2 Å². The van der Waals surface area contributed by atoms with Crippen LogP contribution in [-0.2, 0) is 6.42 Å². The lowest BCUT2D eigenvalue weighted by Crippen LogP contribution is -2.17. The van der Waals surface area contributed by atoms with Crippen molar-refractivity contribution in [2.75, 3.05) is 0 Å². The zero-order valence-corrected chi connectivity index (χ0v) is 9.96. The molecule has 0 spiro atoms. The van der Waals surface area contributed by atoms with Crippen LogP contribution in [0.15, 0.2) is 24.7 Å². The van der Waals surface area contributed by atoms with Crippen molar-refractivity contribution in [3.8, 4) is 0 Å². The highest BCUT2D eigenvalue weighted by atomic mass is 15.1. The number of hydrogen-bond acceptors (Lipinski definition) is 5. The van der Waals surface area contributed by atoms with Crippen molar-refractivity contribution in [3.05, 3.63) is 47.3 Å². The van der Waals surface area contributed by atoms with E-state index in [1.165, 1.54) is 0 Å². The molecule has 0 fully saturated rings. The van der Waals surface area contributed by atoms with Crippen LogP contribution in [0, 0.1) is 6.92 Å². The minimum Gasteiger partial charge on any atom is -0.319 e. The highest BCUT2D eigenvalue weighted by molar-refractivity contribution is 5.30. The molecule has 2 N–H and O–H groups in total. The maximum absolute atomic E-state index is 6.19. The van der Waals surface area contributed by atoms with Gasteiger partial charge in [0.2, 0.25) is 0 Å². The molecule has 0 aliphatic carbocycles. The van der Waals surface area contributed by atoms with E-state index in [-0.39, 0.29) is 6.04 Å². The van der Waals surface area contributed by atoms with E-state index in [4.69, 9.17) is 5.73 Å². The Morgan fingerprint density at radius 3 is 2.76 bits per heavy atom. The van der Waals surface area contributed by atoms with Gasteiger partial charge < -0.3 is 5.73 Å². The van der Waals surface area contributed by atoms with Crippen molar-refractivity contribution in [2.45, 2.75) is 26.3 Å². The third-order valence-electron chi connectivity index (χ3n) is 2.60. The topological polar surface area (TPSA) is 77.6 Å². The van der Waals surface area contributed by atoms with Gasteiger partial charge in [-0.15, -0.1) is 0 Å². The van der Waals surface area contributed by atoms with Crippen LogP contribution in [0.3, 0.4) is 0 Å². The molecule has 2 aromatic heterocycles. The Balaban J connectivity index is 2.43. The smallest absolute Gasteiger partial charge is 0.0800 e. The van der Waals surface area contributed by atoms with Gasteiger partial charge >= 0.3 is 0 Å². The SMILES string of the molecule is CCc1nnc(C)cc1C(N)c1cnccn1. The van der Waals surface area contributed by atoms with E-state index in [9.17, 15) is 0 Å². The molecular formula is C12H15N5. The lowest BCUT2D eigenvalue weighted by molar-refractivity contribution is 0.764. The second kappa shape index (κ2) is 4.97. The lowest BCUT2D eigenvalue weighted by atomic mass is 10.0. The van der Waals surface area contributed by atoms with E-state index < -0.39 is 0 Å². The van der Waals surface area contributed by atoms with Crippen LogP contribution in [0.5, 0.6) is 0 Å². The Kier molecular flexibility index (Phi) is 3.39. The van der Waals surface area contributed by atoms with E-state index >= 15 is 0 Å². The van der Waals surface area contributed by atoms with Gasteiger partial charge in [-0.2, -0.15) is 10.2 Å². The average molecular weight is 229 g/mol. The molecule has 0 bridgehead atoms. The van der Waals surface area contributed by atoms with Crippen LogP contribution in [-0.4, -0.2) is 20.2 Å². The average Bonchev–Trinajstić information content (AvgIpc) is 2.39. The lowest BCUT2D eigenvalue weighted by Gasteiger charge is -2.14. The number of rotatable bonds is 3. The fourth-order valence-corrected chi connectivity index (χ4v) is 1.71. The van der Waals surface area contributed by atoms with Gasteiger partial charge in [-0.3, -0.25) is 9.97 Å². The standard InChI is InChI=1S/C12H15N5/c1-3-10-9(6-8(2)16-17-10)12(13)11-7-14-4-5-15-11/h4-7,12H,3,13H2,1-2H3. The molecule has 5 nitrogen and oxygen atoms in total. The summed E-state index contributed by atoms with van der Waals surface area (Å²) in [4.78, 5) is 8.26. The normalized spacial score (nSPS) is 12.4. The number of nitrogens with two attached hydrogens (primary N) is 1. The molecule has 5 heteroatoms. The minimum absolute atomic E-state index is 0.298. The summed E-state index contributed by atoms with van der Waals surface area (Å²) in [5, 5.41) is 8.21. The summed E-state index contributed by atoms with van der Waals surface area (Å²) in [6, 6.07) is 1.67. The van der Waals surface area contributed by atoms with Crippen molar-refractivity contribution in [1.29, 1.82) is 0 Å². The van der Waals surface area contributed by atoms with Crippen molar-refractivity contribution in [3.63, 3.8) is 0 Å². The van der Waals surface area contributed by atoms with E-state index in [0.717, 1.165) is 29.1 Å². The molecule has 2 heterocycles. The quantitative estimate of drug-likeness (QED) is 0.855. The fourth-order valence-electron chi connectivity index (χ4n) is 1.71. The molecule has 0 aromatic carbocycles. The Hall–Kier alpha value is -1.88. The summed E-state index contributed by atoms with van der Waals surface area (Å²) in [5.41, 5.74) is 9.68. The number of hydrogen-bond donors (Lipinski definition) is 1. The Morgan fingerprint density at radius 2 is 2.12 bits per heavy atom. The summed E-state index contributed by atoms with van der Waals surface area (Å²) in [5.74, 6) is 0. The molecule has 2 rings (SSSR count). The molecule has 2 aromatic rings. The monoisotopic (exact) mass is 229 g/mol. The molecule has 88 valence electrons. The van der Waals surface area contributed by atoms with Gasteiger partial charge in [0.05, 0.1) is 29.3 Å². The summed E-state index contributed by atoms with van der Waals surface area (Å²) >= 11 is 0. The molecule has 17 heavy (non-hydrogen) atoms. The Labute approximate surface area is 100 Å². The molecule has 1 atom stereocenters. The largest absolute Gasteiger partial charge is 0.319 e. The first-order chi connectivity index (χ1) is 8.22. The van der Waals surface area contributed by atoms with Gasteiger partial charge in [-0.1, -0.05) is 6.92 Å². The molecule has 1 unspecified atom stereocenters. The second-order valence-electron chi connectivity index (χ2n) is 3.85. The van der Waals surface area contributed by atoms with E-state index in [1.54, 1.807) is 18.6 Å². The van der Waals surface area contributed by atoms with Gasteiger partial charge in [-0.25, -0.2) is 0 Å². The van der Waals surface area contributed by atoms with Gasteiger partial charge in [0.1, 0.15) is 0 Å². The summed E-state index contributed by atoms with van der Waals surface area (Å²) in [6.45, 7) is 3.94. The van der Waals surface area contributed by atoms with Gasteiger partial charge in [-0.05, 0) is 19.4 Å². The molecule has 0 saturated carbocycles. The molecule has 0 aliphatic heterocycles. The first kappa shape index (κ1) is 11.6. The predicted molar refractivity (Wildman–Crippen MR) is 64.2 cm³/mol. The van der Waals surface area contributed by atoms with Crippen LogP contribution in [0.1, 0.15) is 35.6 Å². The van der Waals surface area contributed by atoms with Crippen molar-refractivity contribution >= 4 is 0 Å². The molecule has 0 radical (unpaired) electrons. The number of aryl methyl sites for hydroxylation is 2. The van der Waals surface area contributed by atoms with Crippen LogP contribution in [0.4, 0.5) is 0 Å². The Bertz CT molecular complexity index is 498. The van der Waals surface area contributed by atoms with Crippen LogP contribution < -0.4 is 5.73 Å². The van der Waals surface area contributed by atoms with Crippen LogP contribution in [0.25, 0.3) is 0 Å². The first-order valence-electron chi connectivity index (χ1n) is 5.57. The van der Waals surface area contributed by atoms with E-state index in [0.29, 0.717) is 0 Å². The summed E-state index contributed by atoms with van der Waals surface area (Å²) in [7, 11) is 0. The highest BCUT2D eigenvalue weighted by Crippen LogP contribution is 2.20. The summed E-state index contributed by atoms with van der Waals surface area (Å²) in [6.07, 6.45) is 5.76. The molecule has 0 amide bonds. The maximum atomic E-state index is 6.19.